The van der Waals surface area contributed by atoms with Gasteiger partial charge in [-0.05, 0) is 38.5 Å². The molecule has 1 aliphatic rings. The quantitative estimate of drug-likeness (QED) is 0.833. The van der Waals surface area contributed by atoms with Gasteiger partial charge in [0.2, 0.25) is 0 Å². The summed E-state index contributed by atoms with van der Waals surface area (Å²) in [6, 6.07) is 12.7. The van der Waals surface area contributed by atoms with Crippen molar-refractivity contribution in [2.75, 3.05) is 13.6 Å². The largest absolute Gasteiger partial charge is 0.310 e. The van der Waals surface area contributed by atoms with E-state index in [-0.39, 0.29) is 0 Å². The number of pyridine rings is 1. The maximum absolute atomic E-state index is 4.18. The molecule has 118 valence electrons. The number of para-hydroxylation sites is 1. The van der Waals surface area contributed by atoms with Crippen LogP contribution in [0.3, 0.4) is 0 Å². The van der Waals surface area contributed by atoms with E-state index in [9.17, 15) is 0 Å². The normalized spacial score (nSPS) is 18.1. The van der Waals surface area contributed by atoms with Gasteiger partial charge in [-0.15, -0.1) is 0 Å². The predicted molar refractivity (Wildman–Crippen MR) is 94.3 cm³/mol. The highest BCUT2D eigenvalue weighted by atomic mass is 15.6. The Balaban J connectivity index is 0.000000162. The molecule has 0 N–H and O–H groups in total. The molecule has 0 bridgehead atoms. The summed E-state index contributed by atoms with van der Waals surface area (Å²) in [6.45, 7) is 7.82. The maximum Gasteiger partial charge on any atom is 0.0701 e. The SMILES string of the molecule is CCCCN1C(C)=CC(C)N1C.c1ccc2ncccc2c1. The number of hydrogen-bond donors (Lipinski definition) is 0. The number of benzene rings is 1. The van der Waals surface area contributed by atoms with Gasteiger partial charge in [-0.25, -0.2) is 5.01 Å². The monoisotopic (exact) mass is 297 g/mol. The molecule has 1 aromatic carbocycles. The average Bonchev–Trinajstić information content (AvgIpc) is 2.79. The first-order chi connectivity index (χ1) is 10.6. The fourth-order valence-electron chi connectivity index (χ4n) is 2.67. The van der Waals surface area contributed by atoms with Crippen molar-refractivity contribution >= 4 is 10.9 Å². The molecule has 1 aliphatic heterocycles. The second kappa shape index (κ2) is 7.95. The van der Waals surface area contributed by atoms with E-state index in [2.05, 4.69) is 61.0 Å². The number of rotatable bonds is 3. The number of unbranched alkanes of at least 4 members (excludes halogenated alkanes) is 1. The van der Waals surface area contributed by atoms with Crippen LogP contribution in [0, 0.1) is 0 Å². The van der Waals surface area contributed by atoms with Crippen LogP contribution in [0.5, 0.6) is 0 Å². The zero-order chi connectivity index (χ0) is 15.9. The van der Waals surface area contributed by atoms with Crippen molar-refractivity contribution in [1.82, 2.24) is 15.0 Å². The molecule has 22 heavy (non-hydrogen) atoms. The van der Waals surface area contributed by atoms with Gasteiger partial charge in [0.05, 0.1) is 5.52 Å². The lowest BCUT2D eigenvalue weighted by Gasteiger charge is -2.30. The number of hydrazine groups is 1. The molecule has 0 radical (unpaired) electrons. The van der Waals surface area contributed by atoms with Crippen LogP contribution in [-0.4, -0.2) is 34.6 Å². The summed E-state index contributed by atoms with van der Waals surface area (Å²) < 4.78 is 0. The predicted octanol–water partition coefficient (Wildman–Crippen LogP) is 4.48. The first kappa shape index (κ1) is 16.5. The van der Waals surface area contributed by atoms with Crippen LogP contribution < -0.4 is 0 Å². The van der Waals surface area contributed by atoms with Crippen LogP contribution in [0.4, 0.5) is 0 Å². The molecular weight excluding hydrogens is 270 g/mol. The lowest BCUT2D eigenvalue weighted by Crippen LogP contribution is -2.38. The van der Waals surface area contributed by atoms with E-state index in [1.54, 1.807) is 0 Å². The third-order valence-electron chi connectivity index (χ3n) is 4.10. The minimum Gasteiger partial charge on any atom is -0.310 e. The number of likely N-dealkylation sites (N-methyl/N-ethyl adjacent to an activating group) is 1. The van der Waals surface area contributed by atoms with Gasteiger partial charge in [0.1, 0.15) is 0 Å². The minimum atomic E-state index is 0.571. The Morgan fingerprint density at radius 1 is 1.14 bits per heavy atom. The number of allylic oxidation sites excluding steroid dienone is 1. The van der Waals surface area contributed by atoms with Gasteiger partial charge in [-0.2, -0.15) is 0 Å². The van der Waals surface area contributed by atoms with Crippen molar-refractivity contribution in [3.63, 3.8) is 0 Å². The average molecular weight is 297 g/mol. The Morgan fingerprint density at radius 3 is 2.50 bits per heavy atom. The van der Waals surface area contributed by atoms with Crippen molar-refractivity contribution in [3.8, 4) is 0 Å². The minimum absolute atomic E-state index is 0.571. The Labute approximate surface area is 134 Å². The highest BCUT2D eigenvalue weighted by Gasteiger charge is 2.22. The van der Waals surface area contributed by atoms with Gasteiger partial charge in [0.25, 0.3) is 0 Å². The number of fused-ring (bicyclic) bond motifs is 1. The standard InChI is InChI=1S/C10H20N2.C9H7N/c1-5-6-7-12-10(3)8-9(2)11(12)4;1-2-6-9-8(4-1)5-3-7-10-9/h8-9H,5-7H2,1-4H3;1-7H. The lowest BCUT2D eigenvalue weighted by molar-refractivity contribution is 0.0397. The first-order valence-corrected chi connectivity index (χ1v) is 8.12. The third-order valence-corrected chi connectivity index (χ3v) is 4.10. The van der Waals surface area contributed by atoms with Gasteiger partial charge < -0.3 is 5.01 Å². The zero-order valence-corrected chi connectivity index (χ0v) is 14.2. The molecule has 0 amide bonds. The molecule has 0 aliphatic carbocycles. The van der Waals surface area contributed by atoms with E-state index >= 15 is 0 Å². The number of hydrogen-bond acceptors (Lipinski definition) is 3. The highest BCUT2D eigenvalue weighted by Crippen LogP contribution is 2.20. The Kier molecular flexibility index (Phi) is 5.96. The fourth-order valence-corrected chi connectivity index (χ4v) is 2.67. The summed E-state index contributed by atoms with van der Waals surface area (Å²) in [4.78, 5) is 4.18. The van der Waals surface area contributed by atoms with Gasteiger partial charge in [0, 0.05) is 36.9 Å². The molecule has 1 atom stereocenters. The third kappa shape index (κ3) is 4.08. The molecule has 3 heteroatoms. The molecule has 1 aromatic heterocycles. The first-order valence-electron chi connectivity index (χ1n) is 8.12. The summed E-state index contributed by atoms with van der Waals surface area (Å²) in [5.74, 6) is 0. The van der Waals surface area contributed by atoms with Crippen molar-refractivity contribution in [2.24, 2.45) is 0 Å². The molecule has 1 unspecified atom stereocenters. The van der Waals surface area contributed by atoms with Crippen molar-refractivity contribution < 1.29 is 0 Å². The van der Waals surface area contributed by atoms with Gasteiger partial charge >= 0.3 is 0 Å². The van der Waals surface area contributed by atoms with Crippen molar-refractivity contribution in [3.05, 3.63) is 54.4 Å². The molecule has 2 aromatic rings. The van der Waals surface area contributed by atoms with E-state index < -0.39 is 0 Å². The fraction of sp³-hybridized carbons (Fsp3) is 0.421. The van der Waals surface area contributed by atoms with Gasteiger partial charge in [-0.1, -0.05) is 37.6 Å². The smallest absolute Gasteiger partial charge is 0.0701 e. The zero-order valence-electron chi connectivity index (χ0n) is 14.2. The summed E-state index contributed by atoms with van der Waals surface area (Å²) in [6.07, 6.45) is 6.67. The molecule has 0 saturated carbocycles. The second-order valence-corrected chi connectivity index (χ2v) is 5.80. The Morgan fingerprint density at radius 2 is 1.86 bits per heavy atom. The van der Waals surface area contributed by atoms with Crippen LogP contribution in [0.2, 0.25) is 0 Å². The molecule has 0 spiro atoms. The second-order valence-electron chi connectivity index (χ2n) is 5.80. The summed E-state index contributed by atoms with van der Waals surface area (Å²) >= 11 is 0. The molecule has 2 heterocycles. The number of aromatic nitrogens is 1. The Bertz CT molecular complexity index is 555. The van der Waals surface area contributed by atoms with Crippen molar-refractivity contribution in [2.45, 2.75) is 39.7 Å². The summed E-state index contributed by atoms with van der Waals surface area (Å²) in [7, 11) is 2.16. The summed E-state index contributed by atoms with van der Waals surface area (Å²) in [5, 5.41) is 5.88. The maximum atomic E-state index is 4.18. The topological polar surface area (TPSA) is 19.4 Å². The van der Waals surface area contributed by atoms with Gasteiger partial charge in [0.15, 0.2) is 0 Å². The van der Waals surface area contributed by atoms with Crippen LogP contribution >= 0.6 is 0 Å². The van der Waals surface area contributed by atoms with Crippen LogP contribution in [0.25, 0.3) is 10.9 Å². The molecule has 0 fully saturated rings. The molecular formula is C19H27N3. The van der Waals surface area contributed by atoms with E-state index in [1.807, 2.05) is 30.5 Å². The van der Waals surface area contributed by atoms with E-state index in [0.29, 0.717) is 6.04 Å². The van der Waals surface area contributed by atoms with Crippen molar-refractivity contribution in [1.29, 1.82) is 0 Å². The van der Waals surface area contributed by atoms with Crippen LogP contribution in [-0.2, 0) is 0 Å². The molecule has 3 nitrogen and oxygen atoms in total. The van der Waals surface area contributed by atoms with Gasteiger partial charge in [-0.3, -0.25) is 4.98 Å². The van der Waals surface area contributed by atoms with E-state index in [0.717, 1.165) is 5.52 Å². The molecule has 3 rings (SSSR count). The lowest BCUT2D eigenvalue weighted by atomic mass is 10.2. The number of nitrogens with zero attached hydrogens (tertiary/aromatic N) is 3. The molecule has 0 saturated heterocycles. The van der Waals surface area contributed by atoms with E-state index in [4.69, 9.17) is 0 Å². The van der Waals surface area contributed by atoms with Crippen LogP contribution in [0.1, 0.15) is 33.6 Å². The van der Waals surface area contributed by atoms with E-state index in [1.165, 1.54) is 30.5 Å². The van der Waals surface area contributed by atoms with Crippen LogP contribution in [0.15, 0.2) is 54.4 Å². The highest BCUT2D eigenvalue weighted by molar-refractivity contribution is 5.77. The summed E-state index contributed by atoms with van der Waals surface area (Å²) in [5.41, 5.74) is 2.46. The Hall–Kier alpha value is -1.87.